The lowest BCUT2D eigenvalue weighted by Crippen LogP contribution is -2.13. The standard InChI is InChI=1S/C14H14N2O3S/c1-8-3-4-11(9(2)5-8)13(19)16-14-15-10(7-20-14)6-12(17)18/h3-5,7H,6H2,1-2H3,(H,17,18)(H,15,16,19). The number of amides is 1. The Morgan fingerprint density at radius 3 is 2.75 bits per heavy atom. The minimum Gasteiger partial charge on any atom is -0.481 e. The van der Waals surface area contributed by atoms with Crippen LogP contribution in [-0.2, 0) is 11.2 Å². The molecule has 6 heteroatoms. The second kappa shape index (κ2) is 5.83. The normalized spacial score (nSPS) is 10.3. The molecule has 0 spiro atoms. The average Bonchev–Trinajstić information content (AvgIpc) is 2.75. The van der Waals surface area contributed by atoms with Gasteiger partial charge in [0.25, 0.3) is 5.91 Å². The van der Waals surface area contributed by atoms with Gasteiger partial charge in [0.2, 0.25) is 0 Å². The molecule has 0 bridgehead atoms. The number of aliphatic carboxylic acids is 1. The second-order valence-corrected chi connectivity index (χ2v) is 5.35. The van der Waals surface area contributed by atoms with Gasteiger partial charge in [-0.1, -0.05) is 17.7 Å². The molecule has 1 aromatic carbocycles. The van der Waals surface area contributed by atoms with Gasteiger partial charge in [0.15, 0.2) is 5.13 Å². The monoisotopic (exact) mass is 290 g/mol. The van der Waals surface area contributed by atoms with Crippen LogP contribution in [0, 0.1) is 13.8 Å². The van der Waals surface area contributed by atoms with E-state index in [0.29, 0.717) is 16.4 Å². The number of carboxylic acid groups (broad SMARTS) is 1. The molecule has 5 nitrogen and oxygen atoms in total. The summed E-state index contributed by atoms with van der Waals surface area (Å²) in [5.41, 5.74) is 3.02. The first-order chi connectivity index (χ1) is 9.45. The number of anilines is 1. The van der Waals surface area contributed by atoms with Crippen molar-refractivity contribution in [1.82, 2.24) is 4.98 Å². The molecule has 0 saturated heterocycles. The maximum absolute atomic E-state index is 12.1. The zero-order valence-corrected chi connectivity index (χ0v) is 12.0. The molecule has 2 N–H and O–H groups in total. The summed E-state index contributed by atoms with van der Waals surface area (Å²) in [5, 5.41) is 13.4. The Balaban J connectivity index is 2.11. The molecule has 0 atom stereocenters. The van der Waals surface area contributed by atoms with Crippen LogP contribution >= 0.6 is 11.3 Å². The van der Waals surface area contributed by atoms with E-state index in [0.717, 1.165) is 11.1 Å². The minimum atomic E-state index is -0.942. The van der Waals surface area contributed by atoms with Crippen LogP contribution in [0.3, 0.4) is 0 Å². The lowest BCUT2D eigenvalue weighted by Gasteiger charge is -2.06. The van der Waals surface area contributed by atoms with E-state index in [9.17, 15) is 9.59 Å². The van der Waals surface area contributed by atoms with Crippen molar-refractivity contribution in [1.29, 1.82) is 0 Å². The summed E-state index contributed by atoms with van der Waals surface area (Å²) >= 11 is 1.22. The molecule has 0 aliphatic heterocycles. The van der Waals surface area contributed by atoms with Gasteiger partial charge in [-0.25, -0.2) is 4.98 Å². The van der Waals surface area contributed by atoms with Gasteiger partial charge < -0.3 is 5.11 Å². The number of aromatic nitrogens is 1. The third kappa shape index (κ3) is 3.42. The lowest BCUT2D eigenvalue weighted by atomic mass is 10.1. The zero-order chi connectivity index (χ0) is 14.7. The summed E-state index contributed by atoms with van der Waals surface area (Å²) in [6, 6.07) is 5.58. The van der Waals surface area contributed by atoms with Crippen molar-refractivity contribution in [2.45, 2.75) is 20.3 Å². The highest BCUT2D eigenvalue weighted by molar-refractivity contribution is 7.14. The molecule has 0 aliphatic carbocycles. The summed E-state index contributed by atoms with van der Waals surface area (Å²) in [7, 11) is 0. The Morgan fingerprint density at radius 1 is 1.35 bits per heavy atom. The van der Waals surface area contributed by atoms with Gasteiger partial charge >= 0.3 is 5.97 Å². The van der Waals surface area contributed by atoms with Gasteiger partial charge in [0.1, 0.15) is 0 Å². The molecule has 0 unspecified atom stereocenters. The van der Waals surface area contributed by atoms with Gasteiger partial charge in [-0.15, -0.1) is 11.3 Å². The van der Waals surface area contributed by atoms with Crippen molar-refractivity contribution >= 4 is 28.3 Å². The molecule has 1 amide bonds. The summed E-state index contributed by atoms with van der Waals surface area (Å²) in [4.78, 5) is 26.8. The number of aryl methyl sites for hydroxylation is 2. The number of hydrogen-bond donors (Lipinski definition) is 2. The average molecular weight is 290 g/mol. The van der Waals surface area contributed by atoms with E-state index in [-0.39, 0.29) is 12.3 Å². The van der Waals surface area contributed by atoms with E-state index in [1.165, 1.54) is 11.3 Å². The number of carboxylic acids is 1. The first-order valence-corrected chi connectivity index (χ1v) is 6.88. The molecule has 20 heavy (non-hydrogen) atoms. The number of carbonyl (C=O) groups excluding carboxylic acids is 1. The van der Waals surface area contributed by atoms with Crippen molar-refractivity contribution < 1.29 is 14.7 Å². The van der Waals surface area contributed by atoms with Gasteiger partial charge in [-0.3, -0.25) is 14.9 Å². The van der Waals surface area contributed by atoms with Gasteiger partial charge in [0, 0.05) is 10.9 Å². The fourth-order valence-corrected chi connectivity index (χ4v) is 2.54. The number of nitrogens with one attached hydrogen (secondary N) is 1. The predicted molar refractivity (Wildman–Crippen MR) is 77.3 cm³/mol. The molecule has 2 rings (SSSR count). The van der Waals surface area contributed by atoms with Crippen molar-refractivity contribution in [3.05, 3.63) is 46.0 Å². The smallest absolute Gasteiger partial charge is 0.309 e. The lowest BCUT2D eigenvalue weighted by molar-refractivity contribution is -0.136. The first-order valence-electron chi connectivity index (χ1n) is 6.00. The number of thiazole rings is 1. The second-order valence-electron chi connectivity index (χ2n) is 4.49. The molecular weight excluding hydrogens is 276 g/mol. The molecule has 0 saturated carbocycles. The number of hydrogen-bond acceptors (Lipinski definition) is 4. The van der Waals surface area contributed by atoms with Crippen LogP contribution in [0.25, 0.3) is 0 Å². The fourth-order valence-electron chi connectivity index (χ4n) is 1.83. The molecule has 0 aliphatic rings. The van der Waals surface area contributed by atoms with Crippen molar-refractivity contribution in [3.8, 4) is 0 Å². The zero-order valence-electron chi connectivity index (χ0n) is 11.1. The van der Waals surface area contributed by atoms with E-state index in [1.54, 1.807) is 11.4 Å². The SMILES string of the molecule is Cc1ccc(C(=O)Nc2nc(CC(=O)O)cs2)c(C)c1. The largest absolute Gasteiger partial charge is 0.481 e. The highest BCUT2D eigenvalue weighted by Gasteiger charge is 2.12. The highest BCUT2D eigenvalue weighted by atomic mass is 32.1. The Kier molecular flexibility index (Phi) is 4.14. The number of rotatable bonds is 4. The summed E-state index contributed by atoms with van der Waals surface area (Å²) < 4.78 is 0. The predicted octanol–water partition coefficient (Wildman–Crippen LogP) is 2.64. The van der Waals surface area contributed by atoms with Crippen molar-refractivity contribution in [2.24, 2.45) is 0 Å². The van der Waals surface area contributed by atoms with Crippen LogP contribution in [0.15, 0.2) is 23.6 Å². The van der Waals surface area contributed by atoms with E-state index >= 15 is 0 Å². The van der Waals surface area contributed by atoms with E-state index in [1.807, 2.05) is 26.0 Å². The minimum absolute atomic E-state index is 0.143. The molecule has 0 radical (unpaired) electrons. The fraction of sp³-hybridized carbons (Fsp3) is 0.214. The van der Waals surface area contributed by atoms with Crippen LogP contribution in [-0.4, -0.2) is 22.0 Å². The summed E-state index contributed by atoms with van der Waals surface area (Å²) in [6.07, 6.45) is -0.143. The van der Waals surface area contributed by atoms with E-state index < -0.39 is 5.97 Å². The number of benzene rings is 1. The van der Waals surface area contributed by atoms with Gasteiger partial charge in [0.05, 0.1) is 12.1 Å². The molecule has 104 valence electrons. The van der Waals surface area contributed by atoms with E-state index in [2.05, 4.69) is 10.3 Å². The Hall–Kier alpha value is -2.21. The van der Waals surface area contributed by atoms with Gasteiger partial charge in [-0.2, -0.15) is 0 Å². The molecule has 1 heterocycles. The number of carbonyl (C=O) groups is 2. The maximum Gasteiger partial charge on any atom is 0.309 e. The maximum atomic E-state index is 12.1. The van der Waals surface area contributed by atoms with Crippen molar-refractivity contribution in [3.63, 3.8) is 0 Å². The Bertz CT molecular complexity index is 664. The van der Waals surface area contributed by atoms with Crippen LogP contribution < -0.4 is 5.32 Å². The molecular formula is C14H14N2O3S. The summed E-state index contributed by atoms with van der Waals surface area (Å²) in [6.45, 7) is 3.84. The van der Waals surface area contributed by atoms with Crippen LogP contribution in [0.1, 0.15) is 27.2 Å². The third-order valence-corrected chi connectivity index (χ3v) is 3.54. The van der Waals surface area contributed by atoms with Crippen molar-refractivity contribution in [2.75, 3.05) is 5.32 Å². The topological polar surface area (TPSA) is 79.3 Å². The quantitative estimate of drug-likeness (QED) is 0.907. The Labute approximate surface area is 120 Å². The highest BCUT2D eigenvalue weighted by Crippen LogP contribution is 2.18. The van der Waals surface area contributed by atoms with Crippen LogP contribution in [0.2, 0.25) is 0 Å². The van der Waals surface area contributed by atoms with Gasteiger partial charge in [-0.05, 0) is 25.5 Å². The number of nitrogens with zero attached hydrogens (tertiary/aromatic N) is 1. The molecule has 2 aromatic rings. The third-order valence-electron chi connectivity index (χ3n) is 2.73. The summed E-state index contributed by atoms with van der Waals surface area (Å²) in [5.74, 6) is -1.18. The Morgan fingerprint density at radius 2 is 2.10 bits per heavy atom. The first kappa shape index (κ1) is 14.2. The van der Waals surface area contributed by atoms with E-state index in [4.69, 9.17) is 5.11 Å². The van der Waals surface area contributed by atoms with Crippen LogP contribution in [0.5, 0.6) is 0 Å². The molecule has 1 aromatic heterocycles. The molecule has 0 fully saturated rings. The van der Waals surface area contributed by atoms with Crippen LogP contribution in [0.4, 0.5) is 5.13 Å².